The van der Waals surface area contributed by atoms with Crippen molar-refractivity contribution in [3.8, 4) is 0 Å². The van der Waals surface area contributed by atoms with Crippen molar-refractivity contribution in [3.63, 3.8) is 0 Å². The van der Waals surface area contributed by atoms with Crippen LogP contribution in [0.2, 0.25) is 0 Å². The highest BCUT2D eigenvalue weighted by molar-refractivity contribution is 5.84. The minimum absolute atomic E-state index is 1.12. The molecule has 1 heterocycles. The number of rotatable bonds is 0. The highest BCUT2D eigenvalue weighted by Crippen LogP contribution is 2.28. The molecule has 1 aromatic heterocycles. The number of fused-ring (bicyclic) bond motifs is 3. The summed E-state index contributed by atoms with van der Waals surface area (Å²) in [7, 11) is 0. The van der Waals surface area contributed by atoms with E-state index in [1.165, 1.54) is 35.0 Å². The molecule has 1 nitrogen and oxygen atoms in total. The first kappa shape index (κ1) is 7.07. The van der Waals surface area contributed by atoms with Crippen LogP contribution >= 0.6 is 0 Å². The van der Waals surface area contributed by atoms with Gasteiger partial charge in [-0.25, -0.2) is 0 Å². The van der Waals surface area contributed by atoms with Gasteiger partial charge in [-0.1, -0.05) is 18.2 Å². The maximum absolute atomic E-state index is 3.48. The van der Waals surface area contributed by atoms with Crippen LogP contribution in [0.4, 0.5) is 0 Å². The second-order valence-corrected chi connectivity index (χ2v) is 3.66. The zero-order chi connectivity index (χ0) is 8.67. The molecule has 0 unspecified atom stereocenters. The summed E-state index contributed by atoms with van der Waals surface area (Å²) in [5, 5.41) is 1.42. The minimum atomic E-state index is 1.12. The molecule has 1 aliphatic rings. The Balaban J connectivity index is 2.34. The van der Waals surface area contributed by atoms with E-state index in [0.29, 0.717) is 0 Å². The van der Waals surface area contributed by atoms with E-state index >= 15 is 0 Å². The number of hydrogen-bond donors (Lipinski definition) is 1. The molecule has 0 fully saturated rings. The van der Waals surface area contributed by atoms with Gasteiger partial charge in [0.25, 0.3) is 0 Å². The molecule has 0 saturated heterocycles. The van der Waals surface area contributed by atoms with E-state index in [1.54, 1.807) is 0 Å². The summed E-state index contributed by atoms with van der Waals surface area (Å²) in [6.07, 6.45) is 5.91. The summed E-state index contributed by atoms with van der Waals surface area (Å²) < 4.78 is 0. The van der Waals surface area contributed by atoms with Gasteiger partial charge in [-0.05, 0) is 11.6 Å². The summed E-state index contributed by atoms with van der Waals surface area (Å²) in [5.74, 6) is 0. The number of H-pyrrole nitrogens is 1. The molecular weight excluding hydrogens is 158 g/mol. The SMILES string of the molecule is c1ccc2c3c([nH]c2c1)C[CH+]CC3. The molecule has 3 rings (SSSR count). The first-order valence-corrected chi connectivity index (χ1v) is 4.85. The van der Waals surface area contributed by atoms with E-state index in [4.69, 9.17) is 0 Å². The number of benzene rings is 1. The van der Waals surface area contributed by atoms with Crippen LogP contribution in [-0.2, 0) is 12.8 Å². The smallest absolute Gasteiger partial charge is 0.128 e. The van der Waals surface area contributed by atoms with Crippen molar-refractivity contribution in [3.05, 3.63) is 41.9 Å². The Morgan fingerprint density at radius 1 is 1.23 bits per heavy atom. The fourth-order valence-corrected chi connectivity index (χ4v) is 2.21. The Morgan fingerprint density at radius 2 is 2.15 bits per heavy atom. The molecule has 1 aromatic carbocycles. The number of hydrogen-bond acceptors (Lipinski definition) is 0. The molecule has 0 spiro atoms. The Labute approximate surface area is 77.8 Å². The van der Waals surface area contributed by atoms with Gasteiger partial charge in [0, 0.05) is 17.3 Å². The van der Waals surface area contributed by atoms with Gasteiger partial charge in [-0.2, -0.15) is 0 Å². The molecule has 13 heavy (non-hydrogen) atoms. The minimum Gasteiger partial charge on any atom is -0.355 e. The summed E-state index contributed by atoms with van der Waals surface area (Å²) in [6, 6.07) is 8.59. The van der Waals surface area contributed by atoms with Crippen molar-refractivity contribution < 1.29 is 0 Å². The Bertz CT molecular complexity index is 439. The first-order chi connectivity index (χ1) is 6.45. The van der Waals surface area contributed by atoms with Gasteiger partial charge in [-0.3, -0.25) is 0 Å². The van der Waals surface area contributed by atoms with E-state index < -0.39 is 0 Å². The normalized spacial score (nSPS) is 15.4. The highest BCUT2D eigenvalue weighted by atomic mass is 14.7. The van der Waals surface area contributed by atoms with Crippen LogP contribution < -0.4 is 0 Å². The number of aromatic nitrogens is 1. The van der Waals surface area contributed by atoms with Crippen LogP contribution in [0.3, 0.4) is 0 Å². The predicted molar refractivity (Wildman–Crippen MR) is 54.6 cm³/mol. The highest BCUT2D eigenvalue weighted by Gasteiger charge is 2.19. The average Bonchev–Trinajstić information content (AvgIpc) is 2.56. The largest absolute Gasteiger partial charge is 0.355 e. The predicted octanol–water partition coefficient (Wildman–Crippen LogP) is 2.86. The van der Waals surface area contributed by atoms with E-state index in [9.17, 15) is 0 Å². The van der Waals surface area contributed by atoms with Crippen LogP contribution in [0, 0.1) is 6.42 Å². The summed E-state index contributed by atoms with van der Waals surface area (Å²) >= 11 is 0. The molecule has 0 atom stereocenters. The van der Waals surface area contributed by atoms with Crippen molar-refractivity contribution in [2.45, 2.75) is 19.3 Å². The zero-order valence-corrected chi connectivity index (χ0v) is 7.51. The third-order valence-corrected chi connectivity index (χ3v) is 2.85. The first-order valence-electron chi connectivity index (χ1n) is 4.85. The lowest BCUT2D eigenvalue weighted by atomic mass is 9.96. The quantitative estimate of drug-likeness (QED) is 0.585. The van der Waals surface area contributed by atoms with Gasteiger partial charge >= 0.3 is 0 Å². The summed E-state index contributed by atoms with van der Waals surface area (Å²) in [4.78, 5) is 3.48. The molecule has 0 aliphatic heterocycles. The molecule has 0 radical (unpaired) electrons. The van der Waals surface area contributed by atoms with Crippen molar-refractivity contribution in [2.75, 3.05) is 0 Å². The maximum atomic E-state index is 3.48. The van der Waals surface area contributed by atoms with Gasteiger partial charge in [-0.15, -0.1) is 0 Å². The average molecular weight is 170 g/mol. The van der Waals surface area contributed by atoms with Crippen LogP contribution in [-0.4, -0.2) is 4.98 Å². The zero-order valence-electron chi connectivity index (χ0n) is 7.51. The Kier molecular flexibility index (Phi) is 1.39. The van der Waals surface area contributed by atoms with E-state index in [2.05, 4.69) is 35.7 Å². The molecule has 1 N–H and O–H groups in total. The topological polar surface area (TPSA) is 15.8 Å². The summed E-state index contributed by atoms with van der Waals surface area (Å²) in [6.45, 7) is 0. The molecule has 1 heteroatoms. The number of aromatic amines is 1. The lowest BCUT2D eigenvalue weighted by Gasteiger charge is -2.03. The summed E-state index contributed by atoms with van der Waals surface area (Å²) in [5.41, 5.74) is 4.26. The van der Waals surface area contributed by atoms with E-state index in [-0.39, 0.29) is 0 Å². The monoisotopic (exact) mass is 170 g/mol. The molecule has 0 amide bonds. The van der Waals surface area contributed by atoms with Gasteiger partial charge in [0.15, 0.2) is 0 Å². The fraction of sp³-hybridized carbons (Fsp3) is 0.250. The van der Waals surface area contributed by atoms with Crippen molar-refractivity contribution >= 4 is 10.9 Å². The molecule has 0 saturated carbocycles. The van der Waals surface area contributed by atoms with E-state index in [0.717, 1.165) is 6.42 Å². The second-order valence-electron chi connectivity index (χ2n) is 3.66. The van der Waals surface area contributed by atoms with Crippen LogP contribution in [0.5, 0.6) is 0 Å². The second kappa shape index (κ2) is 2.56. The van der Waals surface area contributed by atoms with Gasteiger partial charge in [0.05, 0.1) is 18.5 Å². The van der Waals surface area contributed by atoms with Crippen molar-refractivity contribution in [2.24, 2.45) is 0 Å². The molecule has 64 valence electrons. The standard InChI is InChI=1S/C12H12N/c1-3-7-11-9(5-1)10-6-2-4-8-12(10)13-11/h1,3-5,7,13H,2,6,8H2/q+1. The van der Waals surface area contributed by atoms with Gasteiger partial charge in [0.1, 0.15) is 6.42 Å². The maximum Gasteiger partial charge on any atom is 0.128 e. The Morgan fingerprint density at radius 3 is 3.15 bits per heavy atom. The molecule has 1 aliphatic carbocycles. The van der Waals surface area contributed by atoms with Crippen LogP contribution in [0.25, 0.3) is 10.9 Å². The lowest BCUT2D eigenvalue weighted by molar-refractivity contribution is 0.823. The lowest BCUT2D eigenvalue weighted by Crippen LogP contribution is -2.00. The van der Waals surface area contributed by atoms with Crippen LogP contribution in [0.1, 0.15) is 17.7 Å². The van der Waals surface area contributed by atoms with Crippen molar-refractivity contribution in [1.29, 1.82) is 0 Å². The number of aryl methyl sites for hydroxylation is 1. The number of nitrogens with one attached hydrogen (secondary N) is 1. The Hall–Kier alpha value is -1.37. The fourth-order valence-electron chi connectivity index (χ4n) is 2.21. The molecule has 0 bridgehead atoms. The number of para-hydroxylation sites is 1. The van der Waals surface area contributed by atoms with Crippen LogP contribution in [0.15, 0.2) is 24.3 Å². The van der Waals surface area contributed by atoms with Gasteiger partial charge in [0.2, 0.25) is 0 Å². The third kappa shape index (κ3) is 0.966. The van der Waals surface area contributed by atoms with Crippen molar-refractivity contribution in [1.82, 2.24) is 4.98 Å². The van der Waals surface area contributed by atoms with Gasteiger partial charge < -0.3 is 4.98 Å². The molecule has 2 aromatic rings. The molecular formula is C12H12N+. The third-order valence-electron chi connectivity index (χ3n) is 2.85. The van der Waals surface area contributed by atoms with E-state index in [1.807, 2.05) is 0 Å².